The maximum absolute atomic E-state index is 5.63. The normalized spacial score (nSPS) is 25.6. The van der Waals surface area contributed by atoms with Gasteiger partial charge in [0.15, 0.2) is 0 Å². The first-order valence-electron chi connectivity index (χ1n) is 6.70. The Morgan fingerprint density at radius 2 is 2.29 bits per heavy atom. The van der Waals surface area contributed by atoms with E-state index in [1.54, 1.807) is 0 Å². The van der Waals surface area contributed by atoms with Crippen molar-refractivity contribution in [3.05, 3.63) is 23.7 Å². The highest BCUT2D eigenvalue weighted by Gasteiger charge is 2.26. The molecule has 1 aliphatic rings. The van der Waals surface area contributed by atoms with Crippen LogP contribution in [0.5, 0.6) is 0 Å². The molecular formula is C14H24N2O. The largest absolute Gasteiger partial charge is 0.468 e. The molecule has 1 saturated heterocycles. The molecule has 0 bridgehead atoms. The van der Waals surface area contributed by atoms with E-state index in [9.17, 15) is 0 Å². The van der Waals surface area contributed by atoms with Gasteiger partial charge in [-0.25, -0.2) is 0 Å². The molecule has 0 amide bonds. The summed E-state index contributed by atoms with van der Waals surface area (Å²) in [5.41, 5.74) is 1.25. The molecule has 3 heteroatoms. The van der Waals surface area contributed by atoms with Gasteiger partial charge in [-0.15, -0.1) is 0 Å². The molecule has 2 heterocycles. The van der Waals surface area contributed by atoms with Gasteiger partial charge in [-0.2, -0.15) is 0 Å². The molecule has 0 radical (unpaired) electrons. The van der Waals surface area contributed by atoms with Crippen LogP contribution in [0.3, 0.4) is 0 Å². The van der Waals surface area contributed by atoms with Gasteiger partial charge in [0, 0.05) is 24.7 Å². The number of nitrogens with one attached hydrogen (secondary N) is 1. The van der Waals surface area contributed by atoms with Gasteiger partial charge in [0.25, 0.3) is 0 Å². The molecule has 0 saturated carbocycles. The Kier molecular flexibility index (Phi) is 4.24. The van der Waals surface area contributed by atoms with Gasteiger partial charge in [-0.1, -0.05) is 13.8 Å². The lowest BCUT2D eigenvalue weighted by Gasteiger charge is -2.19. The van der Waals surface area contributed by atoms with Crippen LogP contribution in [0.1, 0.15) is 38.5 Å². The Hall–Kier alpha value is -0.800. The number of furan rings is 1. The fourth-order valence-electron chi connectivity index (χ4n) is 2.68. The summed E-state index contributed by atoms with van der Waals surface area (Å²) < 4.78 is 5.63. The van der Waals surface area contributed by atoms with Crippen LogP contribution >= 0.6 is 0 Å². The Labute approximate surface area is 104 Å². The summed E-state index contributed by atoms with van der Waals surface area (Å²) in [4.78, 5) is 2.51. The van der Waals surface area contributed by atoms with Crippen molar-refractivity contribution in [2.24, 2.45) is 5.92 Å². The van der Waals surface area contributed by atoms with Crippen LogP contribution in [-0.2, 0) is 13.1 Å². The molecule has 17 heavy (non-hydrogen) atoms. The minimum absolute atomic E-state index is 0.687. The molecule has 1 fully saturated rings. The summed E-state index contributed by atoms with van der Waals surface area (Å²) in [6.07, 6.45) is 3.19. The second kappa shape index (κ2) is 5.69. The minimum atomic E-state index is 0.687. The van der Waals surface area contributed by atoms with Gasteiger partial charge in [0.2, 0.25) is 0 Å². The zero-order valence-corrected chi connectivity index (χ0v) is 11.2. The zero-order chi connectivity index (χ0) is 12.3. The molecule has 0 aliphatic carbocycles. The molecule has 96 valence electrons. The van der Waals surface area contributed by atoms with E-state index < -0.39 is 0 Å². The van der Waals surface area contributed by atoms with Crippen LogP contribution < -0.4 is 5.32 Å². The molecule has 0 aromatic carbocycles. The second-order valence-electron chi connectivity index (χ2n) is 5.32. The number of nitrogens with zero attached hydrogens (tertiary/aromatic N) is 1. The van der Waals surface area contributed by atoms with Gasteiger partial charge in [0.1, 0.15) is 5.76 Å². The Morgan fingerprint density at radius 3 is 2.94 bits per heavy atom. The standard InChI is InChI=1S/C14H24N2O/c1-4-15-7-13-6-14(17-10-13)9-16-8-11(2)5-12(16)3/h6,10-12,15H,4-5,7-9H2,1-3H3. The first kappa shape index (κ1) is 12.7. The molecule has 2 unspecified atom stereocenters. The summed E-state index contributed by atoms with van der Waals surface area (Å²) in [6, 6.07) is 2.87. The maximum Gasteiger partial charge on any atom is 0.118 e. The van der Waals surface area contributed by atoms with Crippen molar-refractivity contribution in [3.8, 4) is 0 Å². The van der Waals surface area contributed by atoms with E-state index in [2.05, 4.69) is 37.1 Å². The highest BCUT2D eigenvalue weighted by molar-refractivity contribution is 5.12. The summed E-state index contributed by atoms with van der Waals surface area (Å²) in [7, 11) is 0. The van der Waals surface area contributed by atoms with Crippen LogP contribution in [0, 0.1) is 5.92 Å². The molecular weight excluding hydrogens is 212 g/mol. The van der Waals surface area contributed by atoms with E-state index in [0.29, 0.717) is 6.04 Å². The Balaban J connectivity index is 1.88. The predicted molar refractivity (Wildman–Crippen MR) is 69.7 cm³/mol. The van der Waals surface area contributed by atoms with Crippen molar-refractivity contribution in [2.45, 2.75) is 46.3 Å². The van der Waals surface area contributed by atoms with E-state index in [1.807, 2.05) is 6.26 Å². The highest BCUT2D eigenvalue weighted by Crippen LogP contribution is 2.24. The third-order valence-electron chi connectivity index (χ3n) is 3.56. The van der Waals surface area contributed by atoms with E-state index in [0.717, 1.165) is 31.3 Å². The minimum Gasteiger partial charge on any atom is -0.468 e. The van der Waals surface area contributed by atoms with Crippen molar-refractivity contribution in [1.82, 2.24) is 10.2 Å². The van der Waals surface area contributed by atoms with Gasteiger partial charge >= 0.3 is 0 Å². The third-order valence-corrected chi connectivity index (χ3v) is 3.56. The Bertz CT molecular complexity index is 348. The van der Waals surface area contributed by atoms with E-state index in [1.165, 1.54) is 18.5 Å². The van der Waals surface area contributed by atoms with Crippen molar-refractivity contribution >= 4 is 0 Å². The summed E-state index contributed by atoms with van der Waals surface area (Å²) >= 11 is 0. The molecule has 2 atom stereocenters. The SMILES string of the molecule is CCNCc1coc(CN2CC(C)CC2C)c1. The first-order valence-corrected chi connectivity index (χ1v) is 6.70. The zero-order valence-electron chi connectivity index (χ0n) is 11.2. The van der Waals surface area contributed by atoms with Gasteiger partial charge in [-0.3, -0.25) is 4.90 Å². The molecule has 0 spiro atoms. The molecule has 1 aromatic heterocycles. The van der Waals surface area contributed by atoms with Crippen LogP contribution in [0.25, 0.3) is 0 Å². The molecule has 1 aromatic rings. The third kappa shape index (κ3) is 3.33. The molecule has 1 aliphatic heterocycles. The van der Waals surface area contributed by atoms with Crippen molar-refractivity contribution < 1.29 is 4.42 Å². The van der Waals surface area contributed by atoms with Gasteiger partial charge < -0.3 is 9.73 Å². The first-order chi connectivity index (χ1) is 8.19. The number of rotatable bonds is 5. The smallest absolute Gasteiger partial charge is 0.118 e. The van der Waals surface area contributed by atoms with Crippen molar-refractivity contribution in [3.63, 3.8) is 0 Å². The Morgan fingerprint density at radius 1 is 1.47 bits per heavy atom. The fraction of sp³-hybridized carbons (Fsp3) is 0.714. The van der Waals surface area contributed by atoms with E-state index in [4.69, 9.17) is 4.42 Å². The second-order valence-corrected chi connectivity index (χ2v) is 5.32. The average molecular weight is 236 g/mol. The van der Waals surface area contributed by atoms with Gasteiger partial charge in [0.05, 0.1) is 12.8 Å². The molecule has 3 nitrogen and oxygen atoms in total. The molecule has 2 rings (SSSR count). The summed E-state index contributed by atoms with van der Waals surface area (Å²) in [6.45, 7) is 10.8. The van der Waals surface area contributed by atoms with Crippen LogP contribution in [0.15, 0.2) is 16.7 Å². The maximum atomic E-state index is 5.63. The number of hydrogen-bond acceptors (Lipinski definition) is 3. The van der Waals surface area contributed by atoms with E-state index >= 15 is 0 Å². The predicted octanol–water partition coefficient (Wildman–Crippen LogP) is 2.62. The fourth-order valence-corrected chi connectivity index (χ4v) is 2.68. The number of hydrogen-bond donors (Lipinski definition) is 1. The van der Waals surface area contributed by atoms with Crippen LogP contribution in [0.2, 0.25) is 0 Å². The average Bonchev–Trinajstić information content (AvgIpc) is 2.84. The highest BCUT2D eigenvalue weighted by atomic mass is 16.3. The van der Waals surface area contributed by atoms with Crippen molar-refractivity contribution in [1.29, 1.82) is 0 Å². The number of likely N-dealkylation sites (tertiary alicyclic amines) is 1. The summed E-state index contributed by atoms with van der Waals surface area (Å²) in [5, 5.41) is 3.31. The monoisotopic (exact) mass is 236 g/mol. The van der Waals surface area contributed by atoms with E-state index in [-0.39, 0.29) is 0 Å². The quantitative estimate of drug-likeness (QED) is 0.852. The molecule has 1 N–H and O–H groups in total. The van der Waals surface area contributed by atoms with Crippen LogP contribution in [0.4, 0.5) is 0 Å². The lowest BCUT2D eigenvalue weighted by atomic mass is 10.1. The topological polar surface area (TPSA) is 28.4 Å². The van der Waals surface area contributed by atoms with Gasteiger partial charge in [-0.05, 0) is 31.9 Å². The lowest BCUT2D eigenvalue weighted by molar-refractivity contribution is 0.235. The van der Waals surface area contributed by atoms with Crippen molar-refractivity contribution in [2.75, 3.05) is 13.1 Å². The van der Waals surface area contributed by atoms with Crippen LogP contribution in [-0.4, -0.2) is 24.0 Å². The lowest BCUT2D eigenvalue weighted by Crippen LogP contribution is -2.26. The summed E-state index contributed by atoms with van der Waals surface area (Å²) in [5.74, 6) is 1.92.